The van der Waals surface area contributed by atoms with Crippen molar-refractivity contribution in [2.24, 2.45) is 7.05 Å². The fourth-order valence-corrected chi connectivity index (χ4v) is 4.06. The van der Waals surface area contributed by atoms with Gasteiger partial charge in [-0.05, 0) is 52.6 Å². The van der Waals surface area contributed by atoms with Crippen LogP contribution >= 0.6 is 11.6 Å². The third-order valence-electron chi connectivity index (χ3n) is 5.28. The minimum atomic E-state index is 0.757. The first kappa shape index (κ1) is 16.2. The summed E-state index contributed by atoms with van der Waals surface area (Å²) in [4.78, 5) is 0. The standard InChI is InChI=1S/C25H18ClN/c1-27-23-10-6-5-9-21(23)25-22(18-7-3-2-4-8-18)15-19(16-24(25)27)17-11-13-20(26)14-12-17/h2-16H,1H3. The van der Waals surface area contributed by atoms with Gasteiger partial charge in [-0.3, -0.25) is 0 Å². The van der Waals surface area contributed by atoms with E-state index in [9.17, 15) is 0 Å². The van der Waals surface area contributed by atoms with Crippen LogP contribution in [0.2, 0.25) is 5.02 Å². The summed E-state index contributed by atoms with van der Waals surface area (Å²) in [6.45, 7) is 0. The Balaban J connectivity index is 1.91. The number of aryl methyl sites for hydroxylation is 1. The molecule has 5 rings (SSSR count). The van der Waals surface area contributed by atoms with Gasteiger partial charge in [0.05, 0.1) is 5.52 Å². The lowest BCUT2D eigenvalue weighted by Crippen LogP contribution is -1.89. The Labute approximate surface area is 163 Å². The van der Waals surface area contributed by atoms with E-state index in [4.69, 9.17) is 11.6 Å². The van der Waals surface area contributed by atoms with Gasteiger partial charge in [-0.25, -0.2) is 0 Å². The number of hydrogen-bond donors (Lipinski definition) is 0. The van der Waals surface area contributed by atoms with Crippen LogP contribution in [0.3, 0.4) is 0 Å². The normalized spacial score (nSPS) is 11.3. The Kier molecular flexibility index (Phi) is 3.77. The van der Waals surface area contributed by atoms with Gasteiger partial charge in [0.15, 0.2) is 0 Å². The average Bonchev–Trinajstić information content (AvgIpc) is 3.01. The molecule has 1 nitrogen and oxygen atoms in total. The first-order valence-electron chi connectivity index (χ1n) is 9.05. The van der Waals surface area contributed by atoms with E-state index in [1.165, 1.54) is 44.1 Å². The quantitative estimate of drug-likeness (QED) is 0.308. The predicted molar refractivity (Wildman–Crippen MR) is 116 cm³/mol. The number of rotatable bonds is 2. The fraction of sp³-hybridized carbons (Fsp3) is 0.0400. The second-order valence-electron chi connectivity index (χ2n) is 6.87. The number of halogens is 1. The second-order valence-corrected chi connectivity index (χ2v) is 7.30. The van der Waals surface area contributed by atoms with Crippen molar-refractivity contribution in [2.45, 2.75) is 0 Å². The lowest BCUT2D eigenvalue weighted by Gasteiger charge is -2.10. The number of fused-ring (bicyclic) bond motifs is 3. The van der Waals surface area contributed by atoms with E-state index in [0.717, 1.165) is 5.02 Å². The third-order valence-corrected chi connectivity index (χ3v) is 5.53. The van der Waals surface area contributed by atoms with Crippen molar-refractivity contribution in [3.05, 3.63) is 96.0 Å². The van der Waals surface area contributed by atoms with Crippen molar-refractivity contribution in [3.63, 3.8) is 0 Å². The zero-order valence-corrected chi connectivity index (χ0v) is 15.7. The largest absolute Gasteiger partial charge is 0.344 e. The first-order chi connectivity index (χ1) is 13.2. The van der Waals surface area contributed by atoms with Crippen molar-refractivity contribution >= 4 is 33.4 Å². The monoisotopic (exact) mass is 367 g/mol. The fourth-order valence-electron chi connectivity index (χ4n) is 3.94. The summed E-state index contributed by atoms with van der Waals surface area (Å²) in [5.41, 5.74) is 7.35. The van der Waals surface area contributed by atoms with Crippen molar-refractivity contribution in [1.82, 2.24) is 4.57 Å². The van der Waals surface area contributed by atoms with Gasteiger partial charge in [0.2, 0.25) is 0 Å². The molecule has 0 fully saturated rings. The van der Waals surface area contributed by atoms with Gasteiger partial charge in [0, 0.05) is 28.4 Å². The molecule has 1 aromatic heterocycles. The predicted octanol–water partition coefficient (Wildman–Crippen LogP) is 7.32. The topological polar surface area (TPSA) is 4.93 Å². The third kappa shape index (κ3) is 2.63. The maximum absolute atomic E-state index is 6.10. The summed E-state index contributed by atoms with van der Waals surface area (Å²) in [6.07, 6.45) is 0. The van der Waals surface area contributed by atoms with Gasteiger partial charge in [-0.1, -0.05) is 72.3 Å². The summed E-state index contributed by atoms with van der Waals surface area (Å²) in [5, 5.41) is 3.35. The van der Waals surface area contributed by atoms with Crippen LogP contribution in [0.4, 0.5) is 0 Å². The molecule has 0 atom stereocenters. The number of para-hydroxylation sites is 1. The average molecular weight is 368 g/mol. The van der Waals surface area contributed by atoms with Crippen LogP contribution in [0, 0.1) is 0 Å². The Bertz CT molecular complexity index is 1260. The molecule has 0 bridgehead atoms. The van der Waals surface area contributed by atoms with Crippen molar-refractivity contribution in [2.75, 3.05) is 0 Å². The lowest BCUT2D eigenvalue weighted by atomic mass is 9.94. The molecule has 0 unspecified atom stereocenters. The van der Waals surface area contributed by atoms with Crippen molar-refractivity contribution in [3.8, 4) is 22.3 Å². The van der Waals surface area contributed by atoms with E-state index < -0.39 is 0 Å². The smallest absolute Gasteiger partial charge is 0.0501 e. The minimum Gasteiger partial charge on any atom is -0.344 e. The molecular formula is C25H18ClN. The highest BCUT2D eigenvalue weighted by Crippen LogP contribution is 2.39. The van der Waals surface area contributed by atoms with Gasteiger partial charge in [0.1, 0.15) is 0 Å². The Morgan fingerprint density at radius 3 is 2.11 bits per heavy atom. The number of nitrogens with zero attached hydrogens (tertiary/aromatic N) is 1. The van der Waals surface area contributed by atoms with E-state index in [-0.39, 0.29) is 0 Å². The molecule has 0 spiro atoms. The van der Waals surface area contributed by atoms with Crippen LogP contribution in [0.15, 0.2) is 91.0 Å². The Morgan fingerprint density at radius 1 is 0.630 bits per heavy atom. The van der Waals surface area contributed by atoms with Crippen LogP contribution in [0.1, 0.15) is 0 Å². The van der Waals surface area contributed by atoms with Crippen LogP contribution in [-0.2, 0) is 7.05 Å². The van der Waals surface area contributed by atoms with Gasteiger partial charge in [0.25, 0.3) is 0 Å². The van der Waals surface area contributed by atoms with Gasteiger partial charge < -0.3 is 4.57 Å². The van der Waals surface area contributed by atoms with E-state index >= 15 is 0 Å². The van der Waals surface area contributed by atoms with Crippen molar-refractivity contribution in [1.29, 1.82) is 0 Å². The summed E-state index contributed by atoms with van der Waals surface area (Å²) in [6, 6.07) is 31.9. The van der Waals surface area contributed by atoms with Gasteiger partial charge in [-0.2, -0.15) is 0 Å². The molecule has 0 amide bonds. The highest BCUT2D eigenvalue weighted by molar-refractivity contribution is 6.30. The number of benzene rings is 4. The summed E-state index contributed by atoms with van der Waals surface area (Å²) in [7, 11) is 2.14. The molecule has 27 heavy (non-hydrogen) atoms. The summed E-state index contributed by atoms with van der Waals surface area (Å²) >= 11 is 6.10. The van der Waals surface area contributed by atoms with Crippen LogP contribution in [0.25, 0.3) is 44.1 Å². The molecule has 4 aromatic carbocycles. The van der Waals surface area contributed by atoms with Crippen LogP contribution < -0.4 is 0 Å². The minimum absolute atomic E-state index is 0.757. The van der Waals surface area contributed by atoms with E-state index in [2.05, 4.69) is 90.5 Å². The summed E-state index contributed by atoms with van der Waals surface area (Å²) in [5.74, 6) is 0. The molecule has 0 saturated carbocycles. The van der Waals surface area contributed by atoms with Crippen molar-refractivity contribution < 1.29 is 0 Å². The molecule has 5 aromatic rings. The first-order valence-corrected chi connectivity index (χ1v) is 9.43. The number of hydrogen-bond acceptors (Lipinski definition) is 0. The lowest BCUT2D eigenvalue weighted by molar-refractivity contribution is 1.01. The zero-order valence-electron chi connectivity index (χ0n) is 15.0. The number of aromatic nitrogens is 1. The molecule has 130 valence electrons. The zero-order chi connectivity index (χ0) is 18.4. The highest BCUT2D eigenvalue weighted by atomic mass is 35.5. The molecule has 0 saturated heterocycles. The van der Waals surface area contributed by atoms with E-state index in [1.807, 2.05) is 12.1 Å². The van der Waals surface area contributed by atoms with Crippen LogP contribution in [-0.4, -0.2) is 4.57 Å². The highest BCUT2D eigenvalue weighted by Gasteiger charge is 2.15. The molecular weight excluding hydrogens is 350 g/mol. The second kappa shape index (κ2) is 6.29. The SMILES string of the molecule is Cn1c2ccccc2c2c(-c3ccccc3)cc(-c3ccc(Cl)cc3)cc21. The summed E-state index contributed by atoms with van der Waals surface area (Å²) < 4.78 is 2.29. The molecule has 0 aliphatic rings. The molecule has 0 N–H and O–H groups in total. The van der Waals surface area contributed by atoms with E-state index in [0.29, 0.717) is 0 Å². The molecule has 0 aliphatic carbocycles. The molecule has 1 heterocycles. The maximum atomic E-state index is 6.10. The van der Waals surface area contributed by atoms with Gasteiger partial charge in [-0.15, -0.1) is 0 Å². The maximum Gasteiger partial charge on any atom is 0.0501 e. The Morgan fingerprint density at radius 2 is 1.33 bits per heavy atom. The van der Waals surface area contributed by atoms with E-state index in [1.54, 1.807) is 0 Å². The Hall–Kier alpha value is -3.03. The molecule has 0 radical (unpaired) electrons. The van der Waals surface area contributed by atoms with Crippen LogP contribution in [0.5, 0.6) is 0 Å². The van der Waals surface area contributed by atoms with Gasteiger partial charge >= 0.3 is 0 Å². The molecule has 2 heteroatoms. The molecule has 0 aliphatic heterocycles.